The van der Waals surface area contributed by atoms with E-state index in [9.17, 15) is 0 Å². The van der Waals surface area contributed by atoms with E-state index in [0.717, 1.165) is 31.0 Å². The number of rotatable bonds is 8. The van der Waals surface area contributed by atoms with Crippen LogP contribution >= 0.6 is 39.0 Å². The molecule has 15 heavy (non-hydrogen) atoms. The molecule has 2 nitrogen and oxygen atoms in total. The van der Waals surface area contributed by atoms with Crippen molar-refractivity contribution in [3.05, 3.63) is 20.8 Å². The van der Waals surface area contributed by atoms with E-state index in [4.69, 9.17) is 5.11 Å². The molecule has 0 atom stereocenters. The summed E-state index contributed by atoms with van der Waals surface area (Å²) in [4.78, 5) is 0. The first-order chi connectivity index (χ1) is 7.33. The molecule has 0 bridgehead atoms. The molecule has 0 fully saturated rings. The van der Waals surface area contributed by atoms with Crippen LogP contribution in [0.2, 0.25) is 0 Å². The summed E-state index contributed by atoms with van der Waals surface area (Å²) in [5.41, 5.74) is 1.34. The lowest BCUT2D eigenvalue weighted by Crippen LogP contribution is -2.16. The van der Waals surface area contributed by atoms with Crippen LogP contribution in [0.3, 0.4) is 0 Å². The summed E-state index contributed by atoms with van der Waals surface area (Å²) in [7, 11) is 0. The van der Waals surface area contributed by atoms with E-state index in [0.29, 0.717) is 6.61 Å². The normalized spacial score (nSPS) is 10.8. The van der Waals surface area contributed by atoms with Gasteiger partial charge in [-0.15, -0.1) is 11.3 Å². The van der Waals surface area contributed by atoms with Gasteiger partial charge in [-0.05, 0) is 45.1 Å². The molecule has 1 heterocycles. The molecular weight excluding hydrogens is 294 g/mol. The third-order valence-corrected chi connectivity index (χ3v) is 4.44. The van der Waals surface area contributed by atoms with Crippen LogP contribution in [0.5, 0.6) is 0 Å². The van der Waals surface area contributed by atoms with Gasteiger partial charge < -0.3 is 10.4 Å². The van der Waals surface area contributed by atoms with Gasteiger partial charge in [-0.25, -0.2) is 0 Å². The smallest absolute Gasteiger partial charge is 0.0701 e. The van der Waals surface area contributed by atoms with Gasteiger partial charge in [-0.1, -0.05) is 0 Å². The number of aliphatic hydroxyl groups is 1. The lowest BCUT2D eigenvalue weighted by atomic mass is 10.3. The Labute approximate surface area is 108 Å². The molecule has 0 spiro atoms. The highest BCUT2D eigenvalue weighted by Crippen LogP contribution is 2.20. The highest BCUT2D eigenvalue weighted by Gasteiger charge is 1.96. The van der Waals surface area contributed by atoms with Crippen molar-refractivity contribution in [1.82, 2.24) is 5.32 Å². The Balaban J connectivity index is 1.93. The zero-order chi connectivity index (χ0) is 10.9. The summed E-state index contributed by atoms with van der Waals surface area (Å²) in [6.45, 7) is 2.29. The molecule has 0 saturated carbocycles. The van der Waals surface area contributed by atoms with E-state index in [-0.39, 0.29) is 0 Å². The molecule has 86 valence electrons. The summed E-state index contributed by atoms with van der Waals surface area (Å²) in [6, 6.07) is 2.15. The molecule has 0 aliphatic carbocycles. The van der Waals surface area contributed by atoms with Crippen molar-refractivity contribution in [2.75, 3.05) is 24.7 Å². The van der Waals surface area contributed by atoms with Gasteiger partial charge in [0.25, 0.3) is 0 Å². The topological polar surface area (TPSA) is 32.3 Å². The molecular formula is C10H16BrNOS2. The van der Waals surface area contributed by atoms with Crippen molar-refractivity contribution in [2.24, 2.45) is 0 Å². The zero-order valence-electron chi connectivity index (χ0n) is 8.54. The average Bonchev–Trinajstić information content (AvgIpc) is 2.63. The molecule has 0 unspecified atom stereocenters. The van der Waals surface area contributed by atoms with Crippen molar-refractivity contribution in [1.29, 1.82) is 0 Å². The Morgan fingerprint density at radius 3 is 3.00 bits per heavy atom. The number of hydrogen-bond acceptors (Lipinski definition) is 4. The molecule has 0 aliphatic heterocycles. The number of thioether (sulfide) groups is 1. The van der Waals surface area contributed by atoms with Crippen LogP contribution < -0.4 is 5.32 Å². The van der Waals surface area contributed by atoms with Gasteiger partial charge >= 0.3 is 0 Å². The Bertz CT molecular complexity index is 268. The predicted molar refractivity (Wildman–Crippen MR) is 72.8 cm³/mol. The van der Waals surface area contributed by atoms with Crippen LogP contribution in [-0.4, -0.2) is 29.8 Å². The number of hydrogen-bond donors (Lipinski definition) is 2. The molecule has 0 saturated heterocycles. The van der Waals surface area contributed by atoms with Crippen molar-refractivity contribution in [3.63, 3.8) is 0 Å². The van der Waals surface area contributed by atoms with Crippen LogP contribution in [0.15, 0.2) is 15.2 Å². The summed E-state index contributed by atoms with van der Waals surface area (Å²) >= 11 is 7.06. The van der Waals surface area contributed by atoms with Gasteiger partial charge in [0.05, 0.1) is 3.79 Å². The second-order valence-corrected chi connectivity index (χ2v) is 6.64. The summed E-state index contributed by atoms with van der Waals surface area (Å²) in [5.74, 6) is 2.17. The molecule has 1 aromatic heterocycles. The molecule has 2 N–H and O–H groups in total. The van der Waals surface area contributed by atoms with Crippen molar-refractivity contribution < 1.29 is 5.11 Å². The molecule has 1 rings (SSSR count). The first kappa shape index (κ1) is 13.5. The van der Waals surface area contributed by atoms with Gasteiger partial charge in [0.1, 0.15) is 0 Å². The molecule has 5 heteroatoms. The van der Waals surface area contributed by atoms with Crippen molar-refractivity contribution in [2.45, 2.75) is 13.0 Å². The standard InChI is InChI=1S/C10H16BrNOS2/c11-10-6-9(8-15-10)7-12-2-5-14-4-1-3-13/h6,8,12-13H,1-5,7H2. The number of nitrogens with one attached hydrogen (secondary N) is 1. The maximum Gasteiger partial charge on any atom is 0.0701 e. The average molecular weight is 310 g/mol. The van der Waals surface area contributed by atoms with E-state index in [1.807, 2.05) is 11.8 Å². The van der Waals surface area contributed by atoms with E-state index in [2.05, 4.69) is 32.7 Å². The van der Waals surface area contributed by atoms with Crippen LogP contribution in [-0.2, 0) is 6.54 Å². The summed E-state index contributed by atoms with van der Waals surface area (Å²) in [6.07, 6.45) is 0.905. The summed E-state index contributed by atoms with van der Waals surface area (Å²) < 4.78 is 1.19. The van der Waals surface area contributed by atoms with Crippen LogP contribution in [0, 0.1) is 0 Å². The largest absolute Gasteiger partial charge is 0.396 e. The first-order valence-electron chi connectivity index (χ1n) is 4.95. The second-order valence-electron chi connectivity index (χ2n) is 3.13. The second kappa shape index (κ2) is 8.58. The Kier molecular flexibility index (Phi) is 7.73. The van der Waals surface area contributed by atoms with Crippen molar-refractivity contribution >= 4 is 39.0 Å². The predicted octanol–water partition coefficient (Wildman–Crippen LogP) is 2.72. The molecule has 0 aromatic carbocycles. The number of halogens is 1. The maximum absolute atomic E-state index is 8.59. The Morgan fingerprint density at radius 1 is 1.47 bits per heavy atom. The minimum Gasteiger partial charge on any atom is -0.396 e. The lowest BCUT2D eigenvalue weighted by Gasteiger charge is -2.02. The third kappa shape index (κ3) is 6.58. The fraction of sp³-hybridized carbons (Fsp3) is 0.600. The monoisotopic (exact) mass is 309 g/mol. The van der Waals surface area contributed by atoms with Gasteiger partial charge in [0.15, 0.2) is 0 Å². The fourth-order valence-electron chi connectivity index (χ4n) is 1.08. The molecule has 0 amide bonds. The Hall–Kier alpha value is 0.450. The highest BCUT2D eigenvalue weighted by molar-refractivity contribution is 9.11. The minimum atomic E-state index is 0.309. The highest BCUT2D eigenvalue weighted by atomic mass is 79.9. The molecule has 1 aromatic rings. The van der Waals surface area contributed by atoms with Crippen LogP contribution in [0.25, 0.3) is 0 Å². The van der Waals surface area contributed by atoms with E-state index >= 15 is 0 Å². The van der Waals surface area contributed by atoms with Gasteiger partial charge in [0.2, 0.25) is 0 Å². The molecule has 0 radical (unpaired) electrons. The minimum absolute atomic E-state index is 0.309. The Morgan fingerprint density at radius 2 is 2.33 bits per heavy atom. The summed E-state index contributed by atoms with van der Waals surface area (Å²) in [5, 5.41) is 14.1. The van der Waals surface area contributed by atoms with E-state index in [1.54, 1.807) is 11.3 Å². The van der Waals surface area contributed by atoms with Gasteiger partial charge in [-0.2, -0.15) is 11.8 Å². The maximum atomic E-state index is 8.59. The first-order valence-corrected chi connectivity index (χ1v) is 7.78. The van der Waals surface area contributed by atoms with E-state index in [1.165, 1.54) is 9.35 Å². The van der Waals surface area contributed by atoms with Crippen molar-refractivity contribution in [3.8, 4) is 0 Å². The van der Waals surface area contributed by atoms with E-state index < -0.39 is 0 Å². The fourth-order valence-corrected chi connectivity index (χ4v) is 3.12. The third-order valence-electron chi connectivity index (χ3n) is 1.82. The van der Waals surface area contributed by atoms with Gasteiger partial charge in [-0.3, -0.25) is 0 Å². The van der Waals surface area contributed by atoms with Gasteiger partial charge in [0, 0.05) is 25.4 Å². The van der Waals surface area contributed by atoms with Crippen LogP contribution in [0.1, 0.15) is 12.0 Å². The molecule has 0 aliphatic rings. The number of aliphatic hydroxyl groups excluding tert-OH is 1. The van der Waals surface area contributed by atoms with Crippen LogP contribution in [0.4, 0.5) is 0 Å². The lowest BCUT2D eigenvalue weighted by molar-refractivity contribution is 0.296. The SMILES string of the molecule is OCCCSCCNCc1csc(Br)c1. The number of thiophene rings is 1. The zero-order valence-corrected chi connectivity index (χ0v) is 11.8. The quantitative estimate of drug-likeness (QED) is 0.724.